The fourth-order valence-electron chi connectivity index (χ4n) is 3.15. The zero-order valence-electron chi connectivity index (χ0n) is 17.5. The SMILES string of the molecule is COc1ccc(C2OC(=CC(C)=O)C(CO)=C(O)C2O)cc1OCc1ccc(C#N)cn1. The molecule has 3 N–H and O–H groups in total. The van der Waals surface area contributed by atoms with Gasteiger partial charge in [-0.05, 0) is 36.8 Å². The van der Waals surface area contributed by atoms with E-state index in [1.54, 1.807) is 30.3 Å². The number of benzene rings is 1. The number of allylic oxidation sites excluding steroid dienone is 1. The standard InChI is InChI=1S/C23H22N2O7/c1-13(27)7-19-17(11-26)21(28)22(29)23(32-19)15-4-6-18(30-2)20(8-15)31-12-16-5-3-14(9-24)10-25-16/h3-8,10,22-23,26,28-29H,11-12H2,1-2H3. The lowest BCUT2D eigenvalue weighted by Crippen LogP contribution is -2.30. The van der Waals surface area contributed by atoms with Gasteiger partial charge in [0.1, 0.15) is 24.2 Å². The highest BCUT2D eigenvalue weighted by molar-refractivity contribution is 5.88. The van der Waals surface area contributed by atoms with Crippen LogP contribution in [-0.2, 0) is 16.1 Å². The molecule has 2 atom stereocenters. The van der Waals surface area contributed by atoms with Gasteiger partial charge in [-0.25, -0.2) is 0 Å². The van der Waals surface area contributed by atoms with E-state index >= 15 is 0 Å². The van der Waals surface area contributed by atoms with E-state index in [0.717, 1.165) is 6.08 Å². The average Bonchev–Trinajstić information content (AvgIpc) is 2.80. The molecule has 0 aliphatic carbocycles. The number of nitriles is 1. The number of ether oxygens (including phenoxy) is 3. The molecule has 1 aromatic heterocycles. The Kier molecular flexibility index (Phi) is 7.10. The summed E-state index contributed by atoms with van der Waals surface area (Å²) in [5, 5.41) is 39.3. The Morgan fingerprint density at radius 2 is 2.09 bits per heavy atom. The van der Waals surface area contributed by atoms with Gasteiger partial charge in [0.25, 0.3) is 0 Å². The molecule has 2 heterocycles. The number of carbonyl (C=O) groups is 1. The van der Waals surface area contributed by atoms with Crippen molar-refractivity contribution >= 4 is 5.78 Å². The molecule has 0 saturated carbocycles. The minimum absolute atomic E-state index is 0.0205. The molecule has 0 radical (unpaired) electrons. The predicted octanol–water partition coefficient (Wildman–Crippen LogP) is 2.25. The fourth-order valence-corrected chi connectivity index (χ4v) is 3.15. The topological polar surface area (TPSA) is 142 Å². The number of methoxy groups -OCH3 is 1. The number of pyridine rings is 1. The van der Waals surface area contributed by atoms with Crippen LogP contribution in [0.15, 0.2) is 59.7 Å². The highest BCUT2D eigenvalue weighted by atomic mass is 16.5. The van der Waals surface area contributed by atoms with Crippen LogP contribution in [0.25, 0.3) is 0 Å². The van der Waals surface area contributed by atoms with Gasteiger partial charge in [0.05, 0.1) is 30.5 Å². The highest BCUT2D eigenvalue weighted by Crippen LogP contribution is 2.39. The van der Waals surface area contributed by atoms with Crippen molar-refractivity contribution in [3.05, 3.63) is 76.5 Å². The maximum atomic E-state index is 11.5. The van der Waals surface area contributed by atoms with Crippen LogP contribution in [0.1, 0.15) is 29.8 Å². The lowest BCUT2D eigenvalue weighted by Gasteiger charge is -2.32. The molecule has 0 saturated heterocycles. The molecular formula is C23H22N2O7. The summed E-state index contributed by atoms with van der Waals surface area (Å²) >= 11 is 0. The van der Waals surface area contributed by atoms with E-state index in [-0.39, 0.29) is 23.7 Å². The van der Waals surface area contributed by atoms with Gasteiger partial charge < -0.3 is 29.5 Å². The lowest BCUT2D eigenvalue weighted by molar-refractivity contribution is -0.113. The summed E-state index contributed by atoms with van der Waals surface area (Å²) in [5.74, 6) is -0.0877. The third-order valence-electron chi connectivity index (χ3n) is 4.77. The van der Waals surface area contributed by atoms with Gasteiger partial charge in [-0.2, -0.15) is 5.26 Å². The third-order valence-corrected chi connectivity index (χ3v) is 4.77. The normalized spacial score (nSPS) is 19.3. The highest BCUT2D eigenvalue weighted by Gasteiger charge is 2.36. The van der Waals surface area contributed by atoms with Gasteiger partial charge in [0.15, 0.2) is 29.5 Å². The van der Waals surface area contributed by atoms with Gasteiger partial charge in [-0.3, -0.25) is 9.78 Å². The zero-order chi connectivity index (χ0) is 23.3. The first-order chi connectivity index (χ1) is 15.4. The molecule has 2 unspecified atom stereocenters. The third kappa shape index (κ3) is 4.88. The van der Waals surface area contributed by atoms with Crippen molar-refractivity contribution in [2.45, 2.75) is 25.7 Å². The van der Waals surface area contributed by atoms with Gasteiger partial charge in [-0.15, -0.1) is 0 Å². The Bertz CT molecular complexity index is 1100. The van der Waals surface area contributed by atoms with E-state index < -0.39 is 24.6 Å². The Balaban J connectivity index is 1.90. The number of aliphatic hydroxyl groups excluding tert-OH is 3. The summed E-state index contributed by atoms with van der Waals surface area (Å²) in [6.45, 7) is 0.789. The van der Waals surface area contributed by atoms with Crippen molar-refractivity contribution in [1.29, 1.82) is 5.26 Å². The Morgan fingerprint density at radius 3 is 2.69 bits per heavy atom. The van der Waals surface area contributed by atoms with Gasteiger partial charge in [0.2, 0.25) is 0 Å². The number of hydrogen-bond donors (Lipinski definition) is 3. The zero-order valence-corrected chi connectivity index (χ0v) is 17.5. The molecule has 1 aromatic carbocycles. The molecule has 0 spiro atoms. The molecule has 166 valence electrons. The van der Waals surface area contributed by atoms with Crippen molar-refractivity contribution in [2.24, 2.45) is 0 Å². The molecular weight excluding hydrogens is 416 g/mol. The van der Waals surface area contributed by atoms with Crippen LogP contribution < -0.4 is 9.47 Å². The number of hydrogen-bond acceptors (Lipinski definition) is 9. The largest absolute Gasteiger partial charge is 0.509 e. The fraction of sp³-hybridized carbons (Fsp3) is 0.261. The second kappa shape index (κ2) is 9.96. The summed E-state index contributed by atoms with van der Waals surface area (Å²) in [6.07, 6.45) is 0.0490. The number of carbonyl (C=O) groups excluding carboxylic acids is 1. The predicted molar refractivity (Wildman–Crippen MR) is 112 cm³/mol. The second-order valence-corrected chi connectivity index (χ2v) is 6.97. The first-order valence-electron chi connectivity index (χ1n) is 9.64. The monoisotopic (exact) mass is 438 g/mol. The van der Waals surface area contributed by atoms with Gasteiger partial charge >= 0.3 is 0 Å². The van der Waals surface area contributed by atoms with Crippen LogP contribution in [0, 0.1) is 11.3 Å². The molecule has 9 nitrogen and oxygen atoms in total. The van der Waals surface area contributed by atoms with Crippen molar-refractivity contribution in [1.82, 2.24) is 4.98 Å². The summed E-state index contributed by atoms with van der Waals surface area (Å²) in [6, 6.07) is 10.1. The van der Waals surface area contributed by atoms with E-state index in [9.17, 15) is 20.1 Å². The van der Waals surface area contributed by atoms with Crippen LogP contribution in [0.4, 0.5) is 0 Å². The van der Waals surface area contributed by atoms with Gasteiger partial charge in [0, 0.05) is 12.3 Å². The van der Waals surface area contributed by atoms with Crippen molar-refractivity contribution in [2.75, 3.05) is 13.7 Å². The number of aliphatic hydroxyl groups is 3. The molecule has 1 aliphatic rings. The molecule has 0 amide bonds. The minimum Gasteiger partial charge on any atom is -0.509 e. The molecule has 9 heteroatoms. The van der Waals surface area contributed by atoms with Crippen LogP contribution in [0.3, 0.4) is 0 Å². The smallest absolute Gasteiger partial charge is 0.162 e. The van der Waals surface area contributed by atoms with Crippen molar-refractivity contribution in [3.8, 4) is 17.6 Å². The Labute approximate surface area is 184 Å². The van der Waals surface area contributed by atoms with Crippen LogP contribution in [0.5, 0.6) is 11.5 Å². The van der Waals surface area contributed by atoms with Crippen LogP contribution >= 0.6 is 0 Å². The van der Waals surface area contributed by atoms with E-state index in [2.05, 4.69) is 4.98 Å². The Hall–Kier alpha value is -3.87. The van der Waals surface area contributed by atoms with E-state index in [4.69, 9.17) is 19.5 Å². The molecule has 3 rings (SSSR count). The summed E-state index contributed by atoms with van der Waals surface area (Å²) in [5.41, 5.74) is 1.41. The van der Waals surface area contributed by atoms with Crippen LogP contribution in [-0.4, -0.2) is 45.9 Å². The number of aromatic nitrogens is 1. The first-order valence-corrected chi connectivity index (χ1v) is 9.64. The summed E-state index contributed by atoms with van der Waals surface area (Å²) in [4.78, 5) is 15.7. The van der Waals surface area contributed by atoms with E-state index in [1.807, 2.05) is 6.07 Å². The maximum absolute atomic E-state index is 11.5. The average molecular weight is 438 g/mol. The summed E-state index contributed by atoms with van der Waals surface area (Å²) < 4.78 is 16.9. The molecule has 0 fully saturated rings. The van der Waals surface area contributed by atoms with Gasteiger partial charge in [-0.1, -0.05) is 6.07 Å². The van der Waals surface area contributed by atoms with Crippen LogP contribution in [0.2, 0.25) is 0 Å². The second-order valence-electron chi connectivity index (χ2n) is 6.97. The number of ketones is 1. The molecule has 0 bridgehead atoms. The quantitative estimate of drug-likeness (QED) is 0.555. The number of rotatable bonds is 7. The van der Waals surface area contributed by atoms with Crippen molar-refractivity contribution < 1.29 is 34.3 Å². The Morgan fingerprint density at radius 1 is 1.31 bits per heavy atom. The maximum Gasteiger partial charge on any atom is 0.162 e. The molecule has 32 heavy (non-hydrogen) atoms. The minimum atomic E-state index is -1.47. The lowest BCUT2D eigenvalue weighted by atomic mass is 9.96. The van der Waals surface area contributed by atoms with Crippen molar-refractivity contribution in [3.63, 3.8) is 0 Å². The molecule has 1 aliphatic heterocycles. The van der Waals surface area contributed by atoms with E-state index in [1.165, 1.54) is 20.2 Å². The summed E-state index contributed by atoms with van der Waals surface area (Å²) in [7, 11) is 1.48. The van der Waals surface area contributed by atoms with E-state index in [0.29, 0.717) is 28.3 Å². The molecule has 2 aromatic rings. The number of nitrogens with zero attached hydrogens (tertiary/aromatic N) is 2. The first kappa shape index (κ1) is 22.8.